The maximum atomic E-state index is 6.46. The van der Waals surface area contributed by atoms with E-state index in [1.165, 1.54) is 28.1 Å². The van der Waals surface area contributed by atoms with E-state index in [9.17, 15) is 0 Å². The molecule has 0 N–H and O–H groups in total. The number of ether oxygens (including phenoxy) is 1. The van der Waals surface area contributed by atoms with Crippen molar-refractivity contribution in [3.8, 4) is 0 Å². The second-order valence-corrected chi connectivity index (χ2v) is 6.59. The molecule has 2 aliphatic heterocycles. The number of rotatable bonds is 1. The fraction of sp³-hybridized carbons (Fsp3) is 0.100. The van der Waals surface area contributed by atoms with Crippen molar-refractivity contribution in [3.63, 3.8) is 0 Å². The second-order valence-electron chi connectivity index (χ2n) is 5.81. The summed E-state index contributed by atoms with van der Waals surface area (Å²) in [5, 5.41) is 4.29. The van der Waals surface area contributed by atoms with Crippen LogP contribution in [-0.4, -0.2) is 6.23 Å². The van der Waals surface area contributed by atoms with E-state index in [2.05, 4.69) is 82.4 Å². The van der Waals surface area contributed by atoms with Gasteiger partial charge in [0.2, 0.25) is 0 Å². The van der Waals surface area contributed by atoms with E-state index in [1.807, 2.05) is 0 Å². The van der Waals surface area contributed by atoms with Crippen molar-refractivity contribution in [1.82, 2.24) is 0 Å². The van der Waals surface area contributed by atoms with Crippen LogP contribution in [-0.2, 0) is 4.74 Å². The van der Waals surface area contributed by atoms with Crippen LogP contribution in [0.2, 0.25) is 0 Å². The van der Waals surface area contributed by atoms with Gasteiger partial charge in [-0.3, -0.25) is 0 Å². The Bertz CT molecular complexity index is 884. The first-order valence-electron chi connectivity index (χ1n) is 7.75. The number of hydrogen-bond donors (Lipinski definition) is 0. The van der Waals surface area contributed by atoms with Crippen LogP contribution in [0, 0.1) is 0 Å². The Hall–Kier alpha value is -2.36. The van der Waals surface area contributed by atoms with Gasteiger partial charge in [0, 0.05) is 5.56 Å². The molecule has 0 saturated heterocycles. The highest BCUT2D eigenvalue weighted by molar-refractivity contribution is 7.08. The molecular formula is C20H15NOS. The zero-order chi connectivity index (χ0) is 15.2. The molecule has 0 spiro atoms. The van der Waals surface area contributed by atoms with Crippen molar-refractivity contribution >= 4 is 28.8 Å². The standard InChI is InChI=1S/C20H15NOS/c1-3-7-17-14(5-1)9-10-19-21(17)18-8-4-2-6-16(18)20(22-19)15-11-12-23-13-15/h1-13,19-20H/t19-,20+/m0/s1. The highest BCUT2D eigenvalue weighted by atomic mass is 32.1. The summed E-state index contributed by atoms with van der Waals surface area (Å²) in [6.07, 6.45) is 4.24. The third-order valence-corrected chi connectivity index (χ3v) is 5.19. The molecule has 0 aliphatic carbocycles. The highest BCUT2D eigenvalue weighted by Crippen LogP contribution is 2.46. The monoisotopic (exact) mass is 317 g/mol. The first kappa shape index (κ1) is 13.1. The zero-order valence-electron chi connectivity index (χ0n) is 12.4. The molecular weight excluding hydrogens is 302 g/mol. The third-order valence-electron chi connectivity index (χ3n) is 4.49. The smallest absolute Gasteiger partial charge is 0.155 e. The van der Waals surface area contributed by atoms with Crippen molar-refractivity contribution in [3.05, 3.63) is 88.1 Å². The van der Waals surface area contributed by atoms with Crippen LogP contribution in [0.15, 0.2) is 71.4 Å². The Kier molecular flexibility index (Phi) is 2.90. The summed E-state index contributed by atoms with van der Waals surface area (Å²) in [4.78, 5) is 2.30. The van der Waals surface area contributed by atoms with Gasteiger partial charge in [-0.2, -0.15) is 11.3 Å². The van der Waals surface area contributed by atoms with Crippen LogP contribution in [0.25, 0.3) is 6.08 Å². The van der Waals surface area contributed by atoms with Crippen molar-refractivity contribution in [2.75, 3.05) is 4.90 Å². The maximum absolute atomic E-state index is 6.46. The first-order chi connectivity index (χ1) is 11.4. The second kappa shape index (κ2) is 5.08. The van der Waals surface area contributed by atoms with Gasteiger partial charge in [-0.05, 0) is 46.2 Å². The van der Waals surface area contributed by atoms with Crippen molar-refractivity contribution in [2.24, 2.45) is 0 Å². The molecule has 3 heteroatoms. The molecule has 2 aliphatic rings. The minimum atomic E-state index is -0.0651. The lowest BCUT2D eigenvalue weighted by molar-refractivity contribution is 0.0304. The first-order valence-corrected chi connectivity index (χ1v) is 8.69. The molecule has 23 heavy (non-hydrogen) atoms. The van der Waals surface area contributed by atoms with Gasteiger partial charge in [0.05, 0.1) is 11.4 Å². The average molecular weight is 317 g/mol. The lowest BCUT2D eigenvalue weighted by atomic mass is 9.96. The van der Waals surface area contributed by atoms with Gasteiger partial charge >= 0.3 is 0 Å². The molecule has 112 valence electrons. The number of para-hydroxylation sites is 2. The topological polar surface area (TPSA) is 12.5 Å². The molecule has 0 saturated carbocycles. The van der Waals surface area contributed by atoms with E-state index in [4.69, 9.17) is 4.74 Å². The molecule has 0 amide bonds. The highest BCUT2D eigenvalue weighted by Gasteiger charge is 2.35. The summed E-state index contributed by atoms with van der Waals surface area (Å²) >= 11 is 1.71. The van der Waals surface area contributed by atoms with Crippen LogP contribution in [0.1, 0.15) is 22.8 Å². The van der Waals surface area contributed by atoms with E-state index in [-0.39, 0.29) is 12.3 Å². The fourth-order valence-electron chi connectivity index (χ4n) is 3.45. The van der Waals surface area contributed by atoms with Gasteiger partial charge in [-0.25, -0.2) is 0 Å². The SMILES string of the molecule is C1=C[C@@H]2O[C@H](c3ccsc3)c3ccccc3N2c2ccccc21. The molecule has 1 aromatic heterocycles. The van der Waals surface area contributed by atoms with E-state index < -0.39 is 0 Å². The van der Waals surface area contributed by atoms with Crippen LogP contribution in [0.3, 0.4) is 0 Å². The maximum Gasteiger partial charge on any atom is 0.155 e. The predicted molar refractivity (Wildman–Crippen MR) is 95.1 cm³/mol. The summed E-state index contributed by atoms with van der Waals surface area (Å²) in [6.45, 7) is 0. The van der Waals surface area contributed by atoms with Crippen LogP contribution < -0.4 is 4.90 Å². The number of anilines is 2. The Morgan fingerprint density at radius 1 is 0.913 bits per heavy atom. The average Bonchev–Trinajstić information content (AvgIpc) is 3.15. The van der Waals surface area contributed by atoms with Gasteiger partial charge in [0.1, 0.15) is 6.10 Å². The van der Waals surface area contributed by atoms with E-state index in [0.717, 1.165) is 0 Å². The number of hydrogen-bond acceptors (Lipinski definition) is 3. The number of thiophene rings is 1. The Labute approximate surface area is 139 Å². The lowest BCUT2D eigenvalue weighted by Crippen LogP contribution is -2.39. The van der Waals surface area contributed by atoms with Crippen molar-refractivity contribution in [2.45, 2.75) is 12.3 Å². The Morgan fingerprint density at radius 2 is 1.74 bits per heavy atom. The summed E-state index contributed by atoms with van der Waals surface area (Å²) in [7, 11) is 0. The Morgan fingerprint density at radius 3 is 2.61 bits per heavy atom. The molecule has 0 unspecified atom stereocenters. The predicted octanol–water partition coefficient (Wildman–Crippen LogP) is 5.36. The molecule has 0 bridgehead atoms. The normalized spacial score (nSPS) is 21.5. The van der Waals surface area contributed by atoms with Crippen LogP contribution in [0.5, 0.6) is 0 Å². The summed E-state index contributed by atoms with van der Waals surface area (Å²) in [6, 6.07) is 19.2. The molecule has 3 heterocycles. The van der Waals surface area contributed by atoms with Crippen LogP contribution >= 0.6 is 11.3 Å². The minimum Gasteiger partial charge on any atom is -0.342 e. The Balaban J connectivity index is 1.71. The number of benzene rings is 2. The van der Waals surface area contributed by atoms with E-state index in [0.29, 0.717) is 0 Å². The van der Waals surface area contributed by atoms with E-state index >= 15 is 0 Å². The number of nitrogens with zero attached hydrogens (tertiary/aromatic N) is 1. The quantitative estimate of drug-likeness (QED) is 0.599. The molecule has 0 radical (unpaired) electrons. The minimum absolute atomic E-state index is 0.00591. The largest absolute Gasteiger partial charge is 0.342 e. The fourth-order valence-corrected chi connectivity index (χ4v) is 4.13. The van der Waals surface area contributed by atoms with Crippen LogP contribution in [0.4, 0.5) is 11.4 Å². The van der Waals surface area contributed by atoms with E-state index in [1.54, 1.807) is 11.3 Å². The van der Waals surface area contributed by atoms with Gasteiger partial charge in [0.25, 0.3) is 0 Å². The van der Waals surface area contributed by atoms with Crippen molar-refractivity contribution in [1.29, 1.82) is 0 Å². The molecule has 2 aromatic carbocycles. The molecule has 3 aromatic rings. The molecule has 2 nitrogen and oxygen atoms in total. The van der Waals surface area contributed by atoms with Gasteiger partial charge in [-0.1, -0.05) is 42.5 Å². The molecule has 2 atom stereocenters. The van der Waals surface area contributed by atoms with Gasteiger partial charge in [-0.15, -0.1) is 0 Å². The summed E-state index contributed by atoms with van der Waals surface area (Å²) in [5.41, 5.74) is 6.13. The van der Waals surface area contributed by atoms with Crippen molar-refractivity contribution < 1.29 is 4.74 Å². The zero-order valence-corrected chi connectivity index (χ0v) is 13.2. The lowest BCUT2D eigenvalue weighted by Gasteiger charge is -2.43. The summed E-state index contributed by atoms with van der Waals surface area (Å²) in [5.74, 6) is 0. The molecule has 5 rings (SSSR count). The third kappa shape index (κ3) is 1.97. The molecule has 0 fully saturated rings. The summed E-state index contributed by atoms with van der Waals surface area (Å²) < 4.78 is 6.46. The van der Waals surface area contributed by atoms with Gasteiger partial charge < -0.3 is 9.64 Å². The number of fused-ring (bicyclic) bond motifs is 5. The van der Waals surface area contributed by atoms with Gasteiger partial charge in [0.15, 0.2) is 6.23 Å².